The van der Waals surface area contributed by atoms with Gasteiger partial charge in [-0.1, -0.05) is 0 Å². The van der Waals surface area contributed by atoms with Crippen LogP contribution in [0.25, 0.3) is 0 Å². The van der Waals surface area contributed by atoms with Crippen molar-refractivity contribution in [1.29, 1.82) is 0 Å². The molecule has 0 saturated carbocycles. The van der Waals surface area contributed by atoms with Crippen LogP contribution in [-0.2, 0) is 16.1 Å². The molecule has 0 radical (unpaired) electrons. The normalized spacial score (nSPS) is 12.5. The van der Waals surface area contributed by atoms with Crippen LogP contribution in [0.15, 0.2) is 15.9 Å². The number of methoxy groups -OCH3 is 1. The highest BCUT2D eigenvalue weighted by molar-refractivity contribution is 9.10. The molecule has 0 amide bonds. The molecule has 0 aliphatic heterocycles. The van der Waals surface area contributed by atoms with E-state index in [1.54, 1.807) is 18.3 Å². The number of ether oxygens (including phenoxy) is 1. The zero-order valence-electron chi connectivity index (χ0n) is 8.04. The van der Waals surface area contributed by atoms with Gasteiger partial charge < -0.3 is 4.74 Å². The SMILES string of the molecule is COC(=O)[C@H](C)NCc1sccc1Br. The van der Waals surface area contributed by atoms with Crippen molar-refractivity contribution in [3.63, 3.8) is 0 Å². The molecule has 0 unspecified atom stereocenters. The molecule has 1 aromatic rings. The van der Waals surface area contributed by atoms with Gasteiger partial charge in [0.25, 0.3) is 0 Å². The van der Waals surface area contributed by atoms with Crippen molar-refractivity contribution < 1.29 is 9.53 Å². The third kappa shape index (κ3) is 3.08. The fourth-order valence-corrected chi connectivity index (χ4v) is 2.40. The second-order valence-corrected chi connectivity index (χ2v) is 4.67. The van der Waals surface area contributed by atoms with E-state index in [0.717, 1.165) is 4.47 Å². The Morgan fingerprint density at radius 3 is 3.00 bits per heavy atom. The number of rotatable bonds is 4. The minimum absolute atomic E-state index is 0.238. The summed E-state index contributed by atoms with van der Waals surface area (Å²) in [4.78, 5) is 12.2. The van der Waals surface area contributed by atoms with Crippen LogP contribution in [0.5, 0.6) is 0 Å². The Hall–Kier alpha value is -0.390. The van der Waals surface area contributed by atoms with Crippen molar-refractivity contribution in [2.75, 3.05) is 7.11 Å². The highest BCUT2D eigenvalue weighted by Gasteiger charge is 2.12. The summed E-state index contributed by atoms with van der Waals surface area (Å²) in [5.74, 6) is -0.238. The summed E-state index contributed by atoms with van der Waals surface area (Å²) in [5.41, 5.74) is 0. The van der Waals surface area contributed by atoms with Crippen molar-refractivity contribution >= 4 is 33.2 Å². The summed E-state index contributed by atoms with van der Waals surface area (Å²) in [6.07, 6.45) is 0. The number of esters is 1. The summed E-state index contributed by atoms with van der Waals surface area (Å²) in [5, 5.41) is 5.09. The van der Waals surface area contributed by atoms with Crippen molar-refractivity contribution in [2.45, 2.75) is 19.5 Å². The monoisotopic (exact) mass is 277 g/mol. The number of carbonyl (C=O) groups excluding carboxylic acids is 1. The summed E-state index contributed by atoms with van der Waals surface area (Å²) in [7, 11) is 1.39. The van der Waals surface area contributed by atoms with Gasteiger partial charge in [-0.15, -0.1) is 11.3 Å². The molecule has 14 heavy (non-hydrogen) atoms. The molecule has 5 heteroatoms. The van der Waals surface area contributed by atoms with E-state index in [-0.39, 0.29) is 12.0 Å². The fourth-order valence-electron chi connectivity index (χ4n) is 0.957. The van der Waals surface area contributed by atoms with E-state index < -0.39 is 0 Å². The first-order valence-electron chi connectivity index (χ1n) is 4.18. The van der Waals surface area contributed by atoms with Crippen LogP contribution >= 0.6 is 27.3 Å². The molecule has 0 aliphatic rings. The fraction of sp³-hybridized carbons (Fsp3) is 0.444. The second-order valence-electron chi connectivity index (χ2n) is 2.82. The number of carbonyl (C=O) groups is 1. The summed E-state index contributed by atoms with van der Waals surface area (Å²) >= 11 is 5.07. The van der Waals surface area contributed by atoms with Gasteiger partial charge in [0.1, 0.15) is 6.04 Å². The highest BCUT2D eigenvalue weighted by atomic mass is 79.9. The van der Waals surface area contributed by atoms with Crippen LogP contribution in [0.4, 0.5) is 0 Å². The van der Waals surface area contributed by atoms with Crippen LogP contribution in [0.3, 0.4) is 0 Å². The van der Waals surface area contributed by atoms with Gasteiger partial charge in [0.05, 0.1) is 7.11 Å². The van der Waals surface area contributed by atoms with Crippen LogP contribution in [0.1, 0.15) is 11.8 Å². The number of hydrogen-bond donors (Lipinski definition) is 1. The molecule has 1 aromatic heterocycles. The quantitative estimate of drug-likeness (QED) is 0.858. The Balaban J connectivity index is 2.41. The molecule has 1 N–H and O–H groups in total. The highest BCUT2D eigenvalue weighted by Crippen LogP contribution is 2.22. The van der Waals surface area contributed by atoms with Gasteiger partial charge in [0, 0.05) is 15.9 Å². The first-order valence-corrected chi connectivity index (χ1v) is 5.85. The van der Waals surface area contributed by atoms with E-state index in [4.69, 9.17) is 0 Å². The zero-order valence-corrected chi connectivity index (χ0v) is 10.4. The summed E-state index contributed by atoms with van der Waals surface area (Å²) in [6, 6.07) is 1.72. The van der Waals surface area contributed by atoms with Crippen molar-refractivity contribution in [3.8, 4) is 0 Å². The Labute approximate surface area is 95.6 Å². The predicted octanol–water partition coefficient (Wildman–Crippen LogP) is 2.16. The molecule has 0 aliphatic carbocycles. The molecule has 0 spiro atoms. The minimum Gasteiger partial charge on any atom is -0.468 e. The Morgan fingerprint density at radius 2 is 2.50 bits per heavy atom. The van der Waals surface area contributed by atoms with Crippen molar-refractivity contribution in [1.82, 2.24) is 5.32 Å². The van der Waals surface area contributed by atoms with Gasteiger partial charge in [-0.25, -0.2) is 0 Å². The Morgan fingerprint density at radius 1 is 1.79 bits per heavy atom. The first kappa shape index (κ1) is 11.7. The lowest BCUT2D eigenvalue weighted by molar-refractivity contribution is -0.142. The molecule has 1 heterocycles. The lowest BCUT2D eigenvalue weighted by Gasteiger charge is -2.10. The minimum atomic E-state index is -0.269. The molecule has 1 atom stereocenters. The van der Waals surface area contributed by atoms with E-state index in [1.807, 2.05) is 11.4 Å². The van der Waals surface area contributed by atoms with Gasteiger partial charge in [0.2, 0.25) is 0 Å². The van der Waals surface area contributed by atoms with Crippen molar-refractivity contribution in [2.24, 2.45) is 0 Å². The van der Waals surface area contributed by atoms with E-state index in [2.05, 4.69) is 26.0 Å². The van der Waals surface area contributed by atoms with Crippen LogP contribution in [-0.4, -0.2) is 19.1 Å². The number of halogens is 1. The topological polar surface area (TPSA) is 38.3 Å². The maximum Gasteiger partial charge on any atom is 0.322 e. The number of thiophene rings is 1. The van der Waals surface area contributed by atoms with E-state index in [1.165, 1.54) is 12.0 Å². The largest absolute Gasteiger partial charge is 0.468 e. The number of nitrogens with one attached hydrogen (secondary N) is 1. The molecular weight excluding hydrogens is 266 g/mol. The van der Waals surface area contributed by atoms with Crippen LogP contribution < -0.4 is 5.32 Å². The summed E-state index contributed by atoms with van der Waals surface area (Å²) < 4.78 is 5.68. The van der Waals surface area contributed by atoms with E-state index in [9.17, 15) is 4.79 Å². The molecule has 0 fully saturated rings. The Kier molecular flexibility index (Phi) is 4.57. The van der Waals surface area contributed by atoms with Crippen LogP contribution in [0, 0.1) is 0 Å². The predicted molar refractivity (Wildman–Crippen MR) is 60.3 cm³/mol. The van der Waals surface area contributed by atoms with Gasteiger partial charge in [-0.05, 0) is 34.3 Å². The smallest absolute Gasteiger partial charge is 0.322 e. The lowest BCUT2D eigenvalue weighted by atomic mass is 10.3. The molecular formula is C9H12BrNO2S. The summed E-state index contributed by atoms with van der Waals surface area (Å²) in [6.45, 7) is 2.46. The van der Waals surface area contributed by atoms with Gasteiger partial charge in [0.15, 0.2) is 0 Å². The van der Waals surface area contributed by atoms with Crippen LogP contribution in [0.2, 0.25) is 0 Å². The third-order valence-electron chi connectivity index (χ3n) is 1.81. The maximum atomic E-state index is 11.1. The molecule has 1 rings (SSSR count). The first-order chi connectivity index (χ1) is 6.65. The average Bonchev–Trinajstić information content (AvgIpc) is 2.59. The molecule has 3 nitrogen and oxygen atoms in total. The zero-order chi connectivity index (χ0) is 10.6. The van der Waals surface area contributed by atoms with Gasteiger partial charge >= 0.3 is 5.97 Å². The molecule has 0 saturated heterocycles. The van der Waals surface area contributed by atoms with Gasteiger partial charge in [-0.3, -0.25) is 10.1 Å². The lowest BCUT2D eigenvalue weighted by Crippen LogP contribution is -2.34. The maximum absolute atomic E-state index is 11.1. The van der Waals surface area contributed by atoms with Gasteiger partial charge in [-0.2, -0.15) is 0 Å². The number of hydrogen-bond acceptors (Lipinski definition) is 4. The standard InChI is InChI=1S/C9H12BrNO2S/c1-6(9(12)13-2)11-5-8-7(10)3-4-14-8/h3-4,6,11H,5H2,1-2H3/t6-/m0/s1. The molecule has 78 valence electrons. The van der Waals surface area contributed by atoms with E-state index in [0.29, 0.717) is 6.54 Å². The molecule has 0 aromatic carbocycles. The van der Waals surface area contributed by atoms with Crippen molar-refractivity contribution in [3.05, 3.63) is 20.8 Å². The molecule has 0 bridgehead atoms. The average molecular weight is 278 g/mol. The Bertz CT molecular complexity index is 314. The second kappa shape index (κ2) is 5.48. The third-order valence-corrected chi connectivity index (χ3v) is 3.74. The van der Waals surface area contributed by atoms with E-state index >= 15 is 0 Å².